The number of ketones is 1. The van der Waals surface area contributed by atoms with Gasteiger partial charge in [-0.15, -0.1) is 0 Å². The third-order valence-corrected chi connectivity index (χ3v) is 11.0. The summed E-state index contributed by atoms with van der Waals surface area (Å²) in [5.41, 5.74) is 1.22. The first-order valence-electron chi connectivity index (χ1n) is 14.3. The minimum atomic E-state index is -1.74. The smallest absolute Gasteiger partial charge is 0.335 e. The Hall–Kier alpha value is -1.85. The molecule has 5 aliphatic rings. The van der Waals surface area contributed by atoms with E-state index < -0.39 is 42.6 Å². The SMILES string of the molecule is CC(=O)OCC(=O)[C@H]1CC[C@H]2[C@@H]3CC=C4C[C@H](OC5O[C@H](C(=O)O)[C@@H](O)[C@H](O)[C@H]5O)CC[C@]4(C)[C@H]3CC[C@]12C. The van der Waals surface area contributed by atoms with Gasteiger partial charge in [0.2, 0.25) is 0 Å². The lowest BCUT2D eigenvalue weighted by molar-refractivity contribution is -0.306. The highest BCUT2D eigenvalue weighted by Gasteiger charge is 2.60. The molecule has 4 fully saturated rings. The number of aliphatic hydroxyl groups excluding tert-OH is 3. The van der Waals surface area contributed by atoms with Crippen LogP contribution in [0.1, 0.15) is 72.1 Å². The minimum absolute atomic E-state index is 0.00467. The number of allylic oxidation sites excluding steroid dienone is 1. The average molecular weight is 551 g/mol. The Morgan fingerprint density at radius 2 is 1.74 bits per heavy atom. The molecule has 1 heterocycles. The standard InChI is InChI=1S/C29H42O10/c1-14(30)37-13-21(31)20-7-6-18-17-5-4-15-12-16(8-10-28(15,2)19(17)9-11-29(18,20)3)38-27-24(34)22(32)23(33)25(39-27)26(35)36/h4,16-20,22-25,27,32-34H,5-13H2,1-3H3,(H,35,36)/t16-,17+,18+,19+,20-,22+,23+,24-,25+,27?,28+,29+/m1/s1. The number of Topliss-reactive ketones (excluding diaryl/α,β-unsaturated/α-hetero) is 1. The number of ether oxygens (including phenoxy) is 3. The van der Waals surface area contributed by atoms with Gasteiger partial charge in [0.25, 0.3) is 0 Å². The number of aliphatic hydroxyl groups is 3. The lowest BCUT2D eigenvalue weighted by Crippen LogP contribution is -2.61. The second-order valence-electron chi connectivity index (χ2n) is 12.9. The number of carbonyl (C=O) groups is 3. The van der Waals surface area contributed by atoms with Crippen molar-refractivity contribution in [3.8, 4) is 0 Å². The highest BCUT2D eigenvalue weighted by atomic mass is 16.7. The van der Waals surface area contributed by atoms with E-state index in [-0.39, 0.29) is 35.2 Å². The van der Waals surface area contributed by atoms with Gasteiger partial charge in [-0.05, 0) is 80.0 Å². The van der Waals surface area contributed by atoms with Crippen LogP contribution in [-0.4, -0.2) is 81.6 Å². The number of rotatable bonds is 6. The quantitative estimate of drug-likeness (QED) is 0.284. The number of carboxylic acids is 1. The summed E-state index contributed by atoms with van der Waals surface area (Å²) in [5, 5.41) is 39.8. The van der Waals surface area contributed by atoms with Crippen LogP contribution < -0.4 is 0 Å². The van der Waals surface area contributed by atoms with Crippen molar-refractivity contribution in [2.45, 2.75) is 109 Å². The zero-order chi connectivity index (χ0) is 28.3. The van der Waals surface area contributed by atoms with Crippen LogP contribution in [0, 0.1) is 34.5 Å². The molecule has 0 amide bonds. The Kier molecular flexibility index (Phi) is 7.74. The van der Waals surface area contributed by atoms with Crippen molar-refractivity contribution >= 4 is 17.7 Å². The number of hydrogen-bond donors (Lipinski definition) is 4. The Labute approximate surface area is 228 Å². The largest absolute Gasteiger partial charge is 0.479 e. The van der Waals surface area contributed by atoms with Gasteiger partial charge in [0.1, 0.15) is 24.9 Å². The van der Waals surface area contributed by atoms with Crippen molar-refractivity contribution in [1.29, 1.82) is 0 Å². The van der Waals surface area contributed by atoms with Crippen LogP contribution in [0.25, 0.3) is 0 Å². The highest BCUT2D eigenvalue weighted by Crippen LogP contribution is 2.66. The summed E-state index contributed by atoms with van der Waals surface area (Å²) in [6.07, 6.45) is 1.02. The van der Waals surface area contributed by atoms with Crippen LogP contribution in [0.4, 0.5) is 0 Å². The highest BCUT2D eigenvalue weighted by molar-refractivity contribution is 5.85. The Balaban J connectivity index is 1.27. The first kappa shape index (κ1) is 28.7. The van der Waals surface area contributed by atoms with Crippen molar-refractivity contribution in [2.24, 2.45) is 34.5 Å². The summed E-state index contributed by atoms with van der Waals surface area (Å²) in [7, 11) is 0. The van der Waals surface area contributed by atoms with Gasteiger partial charge in [-0.25, -0.2) is 4.79 Å². The lowest BCUT2D eigenvalue weighted by Gasteiger charge is -2.58. The zero-order valence-corrected chi connectivity index (χ0v) is 23.0. The molecule has 0 bridgehead atoms. The van der Waals surface area contributed by atoms with Crippen LogP contribution in [0.3, 0.4) is 0 Å². The van der Waals surface area contributed by atoms with Gasteiger partial charge in [0, 0.05) is 12.8 Å². The second kappa shape index (κ2) is 10.5. The first-order chi connectivity index (χ1) is 18.4. The predicted molar refractivity (Wildman–Crippen MR) is 136 cm³/mol. The Morgan fingerprint density at radius 1 is 1.00 bits per heavy atom. The second-order valence-corrected chi connectivity index (χ2v) is 12.9. The van der Waals surface area contributed by atoms with Gasteiger partial charge >= 0.3 is 11.9 Å². The summed E-state index contributed by atoms with van der Waals surface area (Å²) < 4.78 is 16.4. The molecular formula is C29H42O10. The van der Waals surface area contributed by atoms with E-state index in [1.54, 1.807) is 0 Å². The molecule has 218 valence electrons. The van der Waals surface area contributed by atoms with Crippen molar-refractivity contribution in [1.82, 2.24) is 0 Å². The van der Waals surface area contributed by atoms with Gasteiger partial charge in [-0.1, -0.05) is 25.5 Å². The summed E-state index contributed by atoms with van der Waals surface area (Å²) in [6, 6.07) is 0. The molecule has 0 aromatic carbocycles. The molecule has 0 aromatic rings. The fraction of sp³-hybridized carbons (Fsp3) is 0.828. The maximum atomic E-state index is 13.0. The predicted octanol–water partition coefficient (Wildman–Crippen LogP) is 1.97. The van der Waals surface area contributed by atoms with Crippen LogP contribution >= 0.6 is 0 Å². The Morgan fingerprint density at radius 3 is 2.44 bits per heavy atom. The molecule has 3 saturated carbocycles. The molecule has 0 spiro atoms. The van der Waals surface area contributed by atoms with Crippen molar-refractivity contribution < 1.29 is 49.0 Å². The van der Waals surface area contributed by atoms with E-state index in [4.69, 9.17) is 14.2 Å². The molecule has 1 unspecified atom stereocenters. The molecule has 0 aromatic heterocycles. The monoisotopic (exact) mass is 550 g/mol. The van der Waals surface area contributed by atoms with Gasteiger partial charge in [-0.3, -0.25) is 9.59 Å². The molecule has 4 N–H and O–H groups in total. The van der Waals surface area contributed by atoms with E-state index in [2.05, 4.69) is 19.9 Å². The van der Waals surface area contributed by atoms with E-state index in [1.807, 2.05) is 0 Å². The molecule has 10 heteroatoms. The van der Waals surface area contributed by atoms with Gasteiger partial charge in [0.15, 0.2) is 18.2 Å². The molecule has 12 atom stereocenters. The number of esters is 1. The van der Waals surface area contributed by atoms with E-state index in [0.29, 0.717) is 30.6 Å². The van der Waals surface area contributed by atoms with Gasteiger partial charge in [-0.2, -0.15) is 0 Å². The normalized spacial score (nSPS) is 47.3. The van der Waals surface area contributed by atoms with E-state index in [0.717, 1.165) is 38.5 Å². The van der Waals surface area contributed by atoms with E-state index in [9.17, 15) is 34.8 Å². The maximum absolute atomic E-state index is 13.0. The van der Waals surface area contributed by atoms with Crippen molar-refractivity contribution in [2.75, 3.05) is 6.61 Å². The molecule has 1 saturated heterocycles. The fourth-order valence-electron chi connectivity index (χ4n) is 8.90. The third-order valence-electron chi connectivity index (χ3n) is 11.0. The molecule has 39 heavy (non-hydrogen) atoms. The van der Waals surface area contributed by atoms with Crippen molar-refractivity contribution in [3.63, 3.8) is 0 Å². The number of fused-ring (bicyclic) bond motifs is 5. The molecule has 0 radical (unpaired) electrons. The summed E-state index contributed by atoms with van der Waals surface area (Å²) in [4.78, 5) is 35.7. The Bertz CT molecular complexity index is 1030. The molecular weight excluding hydrogens is 508 g/mol. The number of carbonyl (C=O) groups excluding carboxylic acids is 2. The average Bonchev–Trinajstić information content (AvgIpc) is 3.24. The zero-order valence-electron chi connectivity index (χ0n) is 23.0. The molecule has 10 nitrogen and oxygen atoms in total. The summed E-state index contributed by atoms with van der Waals surface area (Å²) >= 11 is 0. The van der Waals surface area contributed by atoms with Gasteiger partial charge in [0.05, 0.1) is 6.10 Å². The van der Waals surface area contributed by atoms with Crippen LogP contribution in [0.5, 0.6) is 0 Å². The molecule has 4 aliphatic carbocycles. The lowest BCUT2D eigenvalue weighted by atomic mass is 9.47. The maximum Gasteiger partial charge on any atom is 0.335 e. The summed E-state index contributed by atoms with van der Waals surface area (Å²) in [6.45, 7) is 5.78. The van der Waals surface area contributed by atoms with Crippen molar-refractivity contribution in [3.05, 3.63) is 11.6 Å². The number of aliphatic carboxylic acids is 1. The number of carboxylic acid groups (broad SMARTS) is 1. The third kappa shape index (κ3) is 4.86. The summed E-state index contributed by atoms with van der Waals surface area (Å²) in [5.74, 6) is -0.468. The first-order valence-corrected chi connectivity index (χ1v) is 14.3. The molecule has 1 aliphatic heterocycles. The van der Waals surface area contributed by atoms with Crippen LogP contribution in [-0.2, 0) is 28.6 Å². The minimum Gasteiger partial charge on any atom is -0.479 e. The topological polar surface area (TPSA) is 160 Å². The van der Waals surface area contributed by atoms with Crippen LogP contribution in [0.15, 0.2) is 11.6 Å². The van der Waals surface area contributed by atoms with E-state index in [1.165, 1.54) is 12.5 Å². The fourth-order valence-corrected chi connectivity index (χ4v) is 8.90. The van der Waals surface area contributed by atoms with Gasteiger partial charge < -0.3 is 34.6 Å². The van der Waals surface area contributed by atoms with E-state index >= 15 is 0 Å². The number of hydrogen-bond acceptors (Lipinski definition) is 9. The molecule has 5 rings (SSSR count). The van der Waals surface area contributed by atoms with Crippen LogP contribution in [0.2, 0.25) is 0 Å².